The fourth-order valence-corrected chi connectivity index (χ4v) is 3.51. The Labute approximate surface area is 177 Å². The van der Waals surface area contributed by atoms with Crippen LogP contribution in [0.15, 0.2) is 79.0 Å². The first-order valence-corrected chi connectivity index (χ1v) is 10.1. The van der Waals surface area contributed by atoms with E-state index < -0.39 is 0 Å². The molecular formula is C26H25N3O. The summed E-state index contributed by atoms with van der Waals surface area (Å²) in [4.78, 5) is 13.2. The van der Waals surface area contributed by atoms with Gasteiger partial charge in [0, 0.05) is 17.4 Å². The highest BCUT2D eigenvalue weighted by molar-refractivity contribution is 6.08. The smallest absolute Gasteiger partial charge is 0.259 e. The number of benzene rings is 3. The fraction of sp³-hybridized carbons (Fsp3) is 0.154. The molecule has 4 aromatic rings. The van der Waals surface area contributed by atoms with E-state index in [2.05, 4.69) is 23.5 Å². The molecule has 0 aliphatic rings. The lowest BCUT2D eigenvalue weighted by atomic mass is 10.1. The molecule has 0 fully saturated rings. The summed E-state index contributed by atoms with van der Waals surface area (Å²) in [5, 5.41) is 7.82. The zero-order valence-corrected chi connectivity index (χ0v) is 17.5. The number of amides is 1. The fourth-order valence-electron chi connectivity index (χ4n) is 3.51. The molecule has 0 radical (unpaired) electrons. The molecule has 150 valence electrons. The van der Waals surface area contributed by atoms with Crippen LogP contribution in [0.4, 0.5) is 5.69 Å². The van der Waals surface area contributed by atoms with Crippen LogP contribution in [0.2, 0.25) is 0 Å². The van der Waals surface area contributed by atoms with Crippen LogP contribution in [-0.4, -0.2) is 15.7 Å². The number of hydrogen-bond acceptors (Lipinski definition) is 2. The summed E-state index contributed by atoms with van der Waals surface area (Å²) in [6.07, 6.45) is 1.83. The molecule has 0 aliphatic carbocycles. The minimum absolute atomic E-state index is 0.156. The third kappa shape index (κ3) is 4.33. The molecular weight excluding hydrogens is 370 g/mol. The monoisotopic (exact) mass is 395 g/mol. The zero-order valence-electron chi connectivity index (χ0n) is 17.5. The number of rotatable bonds is 5. The van der Waals surface area contributed by atoms with Gasteiger partial charge in [0.1, 0.15) is 5.69 Å². The van der Waals surface area contributed by atoms with Gasteiger partial charge in [0.25, 0.3) is 5.91 Å². The lowest BCUT2D eigenvalue weighted by Gasteiger charge is -2.09. The second-order valence-corrected chi connectivity index (χ2v) is 7.71. The summed E-state index contributed by atoms with van der Waals surface area (Å²) in [5.41, 5.74) is 7.51. The van der Waals surface area contributed by atoms with Crippen LogP contribution >= 0.6 is 0 Å². The van der Waals surface area contributed by atoms with Crippen molar-refractivity contribution in [1.82, 2.24) is 9.78 Å². The summed E-state index contributed by atoms with van der Waals surface area (Å²) < 4.78 is 1.83. The van der Waals surface area contributed by atoms with Crippen LogP contribution in [0.5, 0.6) is 0 Å². The van der Waals surface area contributed by atoms with Gasteiger partial charge < -0.3 is 5.32 Å². The number of anilines is 1. The number of carbonyl (C=O) groups is 1. The van der Waals surface area contributed by atoms with E-state index in [0.717, 1.165) is 22.4 Å². The van der Waals surface area contributed by atoms with Gasteiger partial charge >= 0.3 is 0 Å². The van der Waals surface area contributed by atoms with Crippen LogP contribution in [0, 0.1) is 20.8 Å². The second-order valence-electron chi connectivity index (χ2n) is 7.71. The molecule has 3 aromatic carbocycles. The van der Waals surface area contributed by atoms with Crippen molar-refractivity contribution in [2.24, 2.45) is 0 Å². The van der Waals surface area contributed by atoms with Crippen molar-refractivity contribution in [2.75, 3.05) is 5.32 Å². The minimum atomic E-state index is -0.156. The molecule has 1 amide bonds. The van der Waals surface area contributed by atoms with E-state index in [-0.39, 0.29) is 5.91 Å². The largest absolute Gasteiger partial charge is 0.322 e. The molecule has 4 heteroatoms. The van der Waals surface area contributed by atoms with Gasteiger partial charge in [-0.15, -0.1) is 0 Å². The van der Waals surface area contributed by atoms with Gasteiger partial charge in [-0.05, 0) is 38.0 Å². The maximum atomic E-state index is 13.2. The number of nitrogens with zero attached hydrogens (tertiary/aromatic N) is 2. The van der Waals surface area contributed by atoms with E-state index in [9.17, 15) is 4.79 Å². The summed E-state index contributed by atoms with van der Waals surface area (Å²) in [5.74, 6) is -0.156. The molecule has 0 saturated heterocycles. The summed E-state index contributed by atoms with van der Waals surface area (Å²) >= 11 is 0. The molecule has 0 saturated carbocycles. The maximum Gasteiger partial charge on any atom is 0.259 e. The number of aromatic nitrogens is 2. The Morgan fingerprint density at radius 3 is 2.30 bits per heavy atom. The number of hydrogen-bond donors (Lipinski definition) is 1. The van der Waals surface area contributed by atoms with E-state index in [1.165, 1.54) is 11.1 Å². The van der Waals surface area contributed by atoms with E-state index in [0.29, 0.717) is 17.8 Å². The van der Waals surface area contributed by atoms with Gasteiger partial charge in [0.15, 0.2) is 0 Å². The zero-order chi connectivity index (χ0) is 21.1. The van der Waals surface area contributed by atoms with Crippen molar-refractivity contribution in [3.05, 3.63) is 107 Å². The Balaban J connectivity index is 1.70. The first-order chi connectivity index (χ1) is 14.5. The third-order valence-electron chi connectivity index (χ3n) is 5.15. The predicted octanol–water partition coefficient (Wildman–Crippen LogP) is 5.78. The van der Waals surface area contributed by atoms with Gasteiger partial charge in [-0.2, -0.15) is 5.10 Å². The van der Waals surface area contributed by atoms with Crippen molar-refractivity contribution >= 4 is 11.6 Å². The summed E-state index contributed by atoms with van der Waals surface area (Å²) in [6, 6.07) is 24.2. The van der Waals surface area contributed by atoms with Gasteiger partial charge in [-0.1, -0.05) is 77.9 Å². The highest BCUT2D eigenvalue weighted by Gasteiger charge is 2.19. The van der Waals surface area contributed by atoms with E-state index >= 15 is 0 Å². The maximum absolute atomic E-state index is 13.2. The van der Waals surface area contributed by atoms with Crippen LogP contribution < -0.4 is 5.32 Å². The molecule has 0 spiro atoms. The lowest BCUT2D eigenvalue weighted by molar-refractivity contribution is 0.102. The van der Waals surface area contributed by atoms with E-state index in [1.54, 1.807) is 0 Å². The van der Waals surface area contributed by atoms with Crippen molar-refractivity contribution in [3.63, 3.8) is 0 Å². The average Bonchev–Trinajstić information content (AvgIpc) is 3.15. The third-order valence-corrected chi connectivity index (χ3v) is 5.15. The molecule has 0 atom stereocenters. The van der Waals surface area contributed by atoms with E-state index in [1.807, 2.05) is 86.2 Å². The van der Waals surface area contributed by atoms with Gasteiger partial charge in [-0.3, -0.25) is 9.48 Å². The Morgan fingerprint density at radius 2 is 1.60 bits per heavy atom. The quantitative estimate of drug-likeness (QED) is 0.466. The molecule has 4 rings (SSSR count). The van der Waals surface area contributed by atoms with Crippen molar-refractivity contribution in [2.45, 2.75) is 27.3 Å². The molecule has 4 nitrogen and oxygen atoms in total. The molecule has 0 unspecified atom stereocenters. The Hall–Kier alpha value is -3.66. The number of carbonyl (C=O) groups excluding carboxylic acids is 1. The second kappa shape index (κ2) is 8.37. The van der Waals surface area contributed by atoms with Crippen molar-refractivity contribution < 1.29 is 4.79 Å². The number of aryl methyl sites for hydroxylation is 3. The topological polar surface area (TPSA) is 46.9 Å². The van der Waals surface area contributed by atoms with Crippen LogP contribution in [0.1, 0.15) is 32.6 Å². The van der Waals surface area contributed by atoms with Gasteiger partial charge in [-0.25, -0.2) is 0 Å². The first kappa shape index (κ1) is 19.6. The van der Waals surface area contributed by atoms with Crippen LogP contribution in [0.25, 0.3) is 11.3 Å². The van der Waals surface area contributed by atoms with Gasteiger partial charge in [0.05, 0.1) is 12.1 Å². The SMILES string of the molecule is Cc1ccc(-c2nn(Cc3ccccc3)cc2C(=O)Nc2ccc(C)cc2C)cc1. The first-order valence-electron chi connectivity index (χ1n) is 10.1. The van der Waals surface area contributed by atoms with Crippen molar-refractivity contribution in [3.8, 4) is 11.3 Å². The van der Waals surface area contributed by atoms with E-state index in [4.69, 9.17) is 5.10 Å². The van der Waals surface area contributed by atoms with Crippen LogP contribution in [0.3, 0.4) is 0 Å². The molecule has 1 aromatic heterocycles. The van der Waals surface area contributed by atoms with Crippen molar-refractivity contribution in [1.29, 1.82) is 0 Å². The Kier molecular flexibility index (Phi) is 5.48. The average molecular weight is 396 g/mol. The normalized spacial score (nSPS) is 10.8. The summed E-state index contributed by atoms with van der Waals surface area (Å²) in [6.45, 7) is 6.70. The molecule has 0 aliphatic heterocycles. The predicted molar refractivity (Wildman–Crippen MR) is 122 cm³/mol. The molecule has 1 N–H and O–H groups in total. The van der Waals surface area contributed by atoms with Crippen LogP contribution in [-0.2, 0) is 6.54 Å². The minimum Gasteiger partial charge on any atom is -0.322 e. The Morgan fingerprint density at radius 1 is 0.900 bits per heavy atom. The molecule has 30 heavy (non-hydrogen) atoms. The highest BCUT2D eigenvalue weighted by atomic mass is 16.1. The van der Waals surface area contributed by atoms with Gasteiger partial charge in [0.2, 0.25) is 0 Å². The lowest BCUT2D eigenvalue weighted by Crippen LogP contribution is -2.13. The molecule has 0 bridgehead atoms. The molecule has 1 heterocycles. The highest BCUT2D eigenvalue weighted by Crippen LogP contribution is 2.25. The number of nitrogens with one attached hydrogen (secondary N) is 1. The summed E-state index contributed by atoms with van der Waals surface area (Å²) in [7, 11) is 0. The standard InChI is InChI=1S/C26H25N3O/c1-18-9-12-22(13-10-18)25-23(17-29(28-25)16-21-7-5-4-6-8-21)26(30)27-24-14-11-19(2)15-20(24)3/h4-15,17H,16H2,1-3H3,(H,27,30). The Bertz CT molecular complexity index is 1170.